The zero-order valence-electron chi connectivity index (χ0n) is 11.3. The lowest BCUT2D eigenvalue weighted by atomic mass is 10.1. The third kappa shape index (κ3) is 2.39. The second-order valence-electron chi connectivity index (χ2n) is 4.66. The maximum atomic E-state index is 12.2. The number of ether oxygens (including phenoxy) is 2. The summed E-state index contributed by atoms with van der Waals surface area (Å²) in [5.41, 5.74) is 0. The molecule has 0 fully saturated rings. The van der Waals surface area contributed by atoms with Crippen LogP contribution in [0.1, 0.15) is 24.0 Å². The van der Waals surface area contributed by atoms with E-state index in [1.807, 2.05) is 35.8 Å². The lowest BCUT2D eigenvalue weighted by Gasteiger charge is -2.25. The lowest BCUT2D eigenvalue weighted by Crippen LogP contribution is -2.32. The van der Waals surface area contributed by atoms with Gasteiger partial charge in [-0.25, -0.2) is 4.98 Å². The van der Waals surface area contributed by atoms with E-state index in [1.54, 1.807) is 12.4 Å². The first-order valence-corrected chi connectivity index (χ1v) is 6.70. The SMILES string of the molecule is CCn1ccnc1C(=O)C[C@@H]1COc2ccccc2O1. The first kappa shape index (κ1) is 12.7. The van der Waals surface area contributed by atoms with E-state index in [1.165, 1.54) is 0 Å². The molecule has 0 radical (unpaired) electrons. The molecule has 5 nitrogen and oxygen atoms in total. The van der Waals surface area contributed by atoms with Gasteiger partial charge in [0.05, 0.1) is 6.42 Å². The van der Waals surface area contributed by atoms with Crippen molar-refractivity contribution in [2.75, 3.05) is 6.61 Å². The highest BCUT2D eigenvalue weighted by atomic mass is 16.6. The number of benzene rings is 1. The van der Waals surface area contributed by atoms with Gasteiger partial charge in [0.2, 0.25) is 5.78 Å². The molecule has 2 aromatic rings. The molecular formula is C15H16N2O3. The van der Waals surface area contributed by atoms with Crippen LogP contribution >= 0.6 is 0 Å². The fraction of sp³-hybridized carbons (Fsp3) is 0.333. The third-order valence-electron chi connectivity index (χ3n) is 3.29. The molecule has 104 valence electrons. The Morgan fingerprint density at radius 2 is 2.20 bits per heavy atom. The molecular weight excluding hydrogens is 256 g/mol. The normalized spacial score (nSPS) is 16.9. The van der Waals surface area contributed by atoms with Gasteiger partial charge in [-0.2, -0.15) is 0 Å². The van der Waals surface area contributed by atoms with Gasteiger partial charge in [-0.15, -0.1) is 0 Å². The van der Waals surface area contributed by atoms with Crippen LogP contribution in [0.2, 0.25) is 0 Å². The molecule has 0 spiro atoms. The van der Waals surface area contributed by atoms with Gasteiger partial charge in [-0.3, -0.25) is 4.79 Å². The van der Waals surface area contributed by atoms with E-state index < -0.39 is 0 Å². The van der Waals surface area contributed by atoms with E-state index in [4.69, 9.17) is 9.47 Å². The second kappa shape index (κ2) is 5.36. The standard InChI is InChI=1S/C15H16N2O3/c1-2-17-8-7-16-15(17)12(18)9-11-10-19-13-5-3-4-6-14(13)20-11/h3-8,11H,2,9-10H2,1H3/t11-/m1/s1. The second-order valence-corrected chi connectivity index (χ2v) is 4.66. The molecule has 1 aliphatic heterocycles. The summed E-state index contributed by atoms with van der Waals surface area (Å²) < 4.78 is 13.2. The first-order valence-electron chi connectivity index (χ1n) is 6.70. The minimum absolute atomic E-state index is 0.0233. The monoisotopic (exact) mass is 272 g/mol. The number of aryl methyl sites for hydroxylation is 1. The van der Waals surface area contributed by atoms with E-state index in [0.717, 1.165) is 12.3 Å². The van der Waals surface area contributed by atoms with Crippen molar-refractivity contribution >= 4 is 5.78 Å². The van der Waals surface area contributed by atoms with Crippen molar-refractivity contribution in [3.8, 4) is 11.5 Å². The predicted octanol–water partition coefficient (Wildman–Crippen LogP) is 2.32. The van der Waals surface area contributed by atoms with E-state index >= 15 is 0 Å². The number of nitrogens with zero attached hydrogens (tertiary/aromatic N) is 2. The molecule has 1 aromatic heterocycles. The van der Waals surface area contributed by atoms with E-state index in [9.17, 15) is 4.79 Å². The zero-order valence-corrected chi connectivity index (χ0v) is 11.3. The molecule has 0 bridgehead atoms. The van der Waals surface area contributed by atoms with Crippen LogP contribution in [0.5, 0.6) is 11.5 Å². The number of carbonyl (C=O) groups excluding carboxylic acids is 1. The molecule has 0 N–H and O–H groups in total. The number of fused-ring (bicyclic) bond motifs is 1. The first-order chi connectivity index (χ1) is 9.78. The summed E-state index contributed by atoms with van der Waals surface area (Å²) in [6, 6.07) is 7.48. The Morgan fingerprint density at radius 1 is 1.40 bits per heavy atom. The van der Waals surface area contributed by atoms with Gasteiger partial charge in [-0.1, -0.05) is 12.1 Å². The number of hydrogen-bond acceptors (Lipinski definition) is 4. The maximum absolute atomic E-state index is 12.2. The zero-order chi connectivity index (χ0) is 13.9. The number of rotatable bonds is 4. The summed E-state index contributed by atoms with van der Waals surface area (Å²) in [4.78, 5) is 16.4. The Hall–Kier alpha value is -2.30. The van der Waals surface area contributed by atoms with Crippen LogP contribution in [0.25, 0.3) is 0 Å². The van der Waals surface area contributed by atoms with Crippen molar-refractivity contribution in [1.29, 1.82) is 0 Å². The Morgan fingerprint density at radius 3 is 3.00 bits per heavy atom. The van der Waals surface area contributed by atoms with Gasteiger partial charge in [0.25, 0.3) is 0 Å². The Labute approximate surface area is 117 Å². The van der Waals surface area contributed by atoms with Gasteiger partial charge in [0.15, 0.2) is 17.3 Å². The molecule has 1 aromatic carbocycles. The molecule has 0 saturated heterocycles. The van der Waals surface area contributed by atoms with Crippen molar-refractivity contribution in [2.45, 2.75) is 26.0 Å². The molecule has 1 aliphatic rings. The highest BCUT2D eigenvalue weighted by molar-refractivity contribution is 5.93. The lowest BCUT2D eigenvalue weighted by molar-refractivity contribution is 0.0685. The summed E-state index contributed by atoms with van der Waals surface area (Å²) in [5, 5.41) is 0. The molecule has 3 rings (SSSR count). The molecule has 0 amide bonds. The van der Waals surface area contributed by atoms with Gasteiger partial charge < -0.3 is 14.0 Å². The fourth-order valence-corrected chi connectivity index (χ4v) is 2.28. The quantitative estimate of drug-likeness (QED) is 0.801. The Balaban J connectivity index is 1.69. The number of Topliss-reactive ketones (excluding diaryl/α,β-unsaturated/α-hetero) is 1. The number of imidazole rings is 1. The van der Waals surface area contributed by atoms with Gasteiger partial charge >= 0.3 is 0 Å². The van der Waals surface area contributed by atoms with Crippen LogP contribution < -0.4 is 9.47 Å². The van der Waals surface area contributed by atoms with Gasteiger partial charge in [0.1, 0.15) is 12.7 Å². The van der Waals surface area contributed by atoms with Crippen LogP contribution in [-0.2, 0) is 6.54 Å². The van der Waals surface area contributed by atoms with Crippen LogP contribution in [0.3, 0.4) is 0 Å². The van der Waals surface area contributed by atoms with Crippen LogP contribution in [-0.4, -0.2) is 28.0 Å². The number of para-hydroxylation sites is 2. The summed E-state index contributed by atoms with van der Waals surface area (Å²) in [6.45, 7) is 3.09. The minimum atomic E-state index is -0.264. The highest BCUT2D eigenvalue weighted by Crippen LogP contribution is 2.31. The van der Waals surface area contributed by atoms with E-state index in [0.29, 0.717) is 18.2 Å². The fourth-order valence-electron chi connectivity index (χ4n) is 2.28. The van der Waals surface area contributed by atoms with Gasteiger partial charge in [-0.05, 0) is 19.1 Å². The predicted molar refractivity (Wildman–Crippen MR) is 73.2 cm³/mol. The Bertz CT molecular complexity index is 621. The number of ketones is 1. The topological polar surface area (TPSA) is 53.4 Å². The minimum Gasteiger partial charge on any atom is -0.486 e. The highest BCUT2D eigenvalue weighted by Gasteiger charge is 2.25. The van der Waals surface area contributed by atoms with Crippen molar-refractivity contribution in [3.05, 3.63) is 42.5 Å². The third-order valence-corrected chi connectivity index (χ3v) is 3.29. The molecule has 0 saturated carbocycles. The van der Waals surface area contributed by atoms with Crippen LogP contribution in [0.4, 0.5) is 0 Å². The average molecular weight is 272 g/mol. The van der Waals surface area contributed by atoms with Crippen LogP contribution in [0.15, 0.2) is 36.7 Å². The smallest absolute Gasteiger partial charge is 0.202 e. The largest absolute Gasteiger partial charge is 0.486 e. The van der Waals surface area contributed by atoms with Crippen molar-refractivity contribution in [2.24, 2.45) is 0 Å². The van der Waals surface area contributed by atoms with E-state index in [-0.39, 0.29) is 18.3 Å². The average Bonchev–Trinajstić information content (AvgIpc) is 2.95. The van der Waals surface area contributed by atoms with Gasteiger partial charge in [0, 0.05) is 18.9 Å². The molecule has 20 heavy (non-hydrogen) atoms. The summed E-state index contributed by atoms with van der Waals surface area (Å²) in [7, 11) is 0. The Kier molecular flexibility index (Phi) is 3.41. The van der Waals surface area contributed by atoms with Crippen LogP contribution in [0, 0.1) is 0 Å². The molecule has 2 heterocycles. The summed E-state index contributed by atoms with van der Waals surface area (Å²) >= 11 is 0. The summed E-state index contributed by atoms with van der Waals surface area (Å²) in [5.74, 6) is 1.88. The number of hydrogen-bond donors (Lipinski definition) is 0. The number of aromatic nitrogens is 2. The molecule has 5 heteroatoms. The van der Waals surface area contributed by atoms with Crippen molar-refractivity contribution in [3.63, 3.8) is 0 Å². The maximum Gasteiger partial charge on any atom is 0.202 e. The summed E-state index contributed by atoms with van der Waals surface area (Å²) in [6.07, 6.45) is 3.45. The van der Waals surface area contributed by atoms with Crippen molar-refractivity contribution < 1.29 is 14.3 Å². The number of carbonyl (C=O) groups is 1. The van der Waals surface area contributed by atoms with E-state index in [2.05, 4.69) is 4.98 Å². The molecule has 0 unspecified atom stereocenters. The van der Waals surface area contributed by atoms with Crippen molar-refractivity contribution in [1.82, 2.24) is 9.55 Å². The molecule has 0 aliphatic carbocycles. The molecule has 1 atom stereocenters.